The summed E-state index contributed by atoms with van der Waals surface area (Å²) in [6.45, 7) is 6.32. The molecule has 0 aromatic rings. The van der Waals surface area contributed by atoms with Crippen LogP contribution in [-0.4, -0.2) is 35.0 Å². The second-order valence-corrected chi connectivity index (χ2v) is 7.52. The van der Waals surface area contributed by atoms with Gasteiger partial charge in [0.05, 0.1) is 12.2 Å². The number of ether oxygens (including phenoxy) is 2. The van der Waals surface area contributed by atoms with Crippen molar-refractivity contribution in [3.8, 4) is 0 Å². The van der Waals surface area contributed by atoms with Gasteiger partial charge in [-0.25, -0.2) is 9.78 Å². The molecule has 1 aliphatic carbocycles. The highest BCUT2D eigenvalue weighted by Crippen LogP contribution is 2.60. The summed E-state index contributed by atoms with van der Waals surface area (Å²) < 4.78 is 12.0. The largest absolute Gasteiger partial charge is 0.387 e. The first-order valence-electron chi connectivity index (χ1n) is 7.76. The van der Waals surface area contributed by atoms with Crippen LogP contribution in [-0.2, 0) is 19.2 Å². The van der Waals surface area contributed by atoms with E-state index in [4.69, 9.17) is 19.2 Å². The third kappa shape index (κ3) is 1.56. The third-order valence-electron chi connectivity index (χ3n) is 6.00. The maximum absolute atomic E-state index is 10.8. The summed E-state index contributed by atoms with van der Waals surface area (Å²) in [6, 6.07) is 0. The maximum Gasteiger partial charge on any atom is 0.201 e. The number of hydrogen-bond donors (Lipinski definition) is 1. The minimum atomic E-state index is -0.889. The lowest BCUT2D eigenvalue weighted by molar-refractivity contribution is -0.571. The predicted octanol–water partition coefficient (Wildman–Crippen LogP) is 1.98. The molecule has 0 aromatic heterocycles. The molecular weight excluding hydrogens is 260 g/mol. The van der Waals surface area contributed by atoms with Crippen molar-refractivity contribution in [3.05, 3.63) is 0 Å². The van der Waals surface area contributed by atoms with Crippen molar-refractivity contribution in [3.63, 3.8) is 0 Å². The monoisotopic (exact) mass is 284 g/mol. The summed E-state index contributed by atoms with van der Waals surface area (Å²) in [5.74, 6) is 0.111. The highest BCUT2D eigenvalue weighted by atomic mass is 17.3. The van der Waals surface area contributed by atoms with Crippen LogP contribution in [0.25, 0.3) is 0 Å². The van der Waals surface area contributed by atoms with Crippen LogP contribution in [0.4, 0.5) is 0 Å². The van der Waals surface area contributed by atoms with Crippen molar-refractivity contribution in [2.24, 2.45) is 17.8 Å². The smallest absolute Gasteiger partial charge is 0.201 e. The highest BCUT2D eigenvalue weighted by Gasteiger charge is 2.70. The molecule has 0 aromatic carbocycles. The van der Waals surface area contributed by atoms with Crippen LogP contribution in [0.2, 0.25) is 0 Å². The van der Waals surface area contributed by atoms with Crippen LogP contribution in [0, 0.1) is 17.8 Å². The maximum atomic E-state index is 10.8. The van der Waals surface area contributed by atoms with Gasteiger partial charge in [-0.3, -0.25) is 0 Å². The van der Waals surface area contributed by atoms with E-state index in [1.807, 2.05) is 13.8 Å². The Morgan fingerprint density at radius 3 is 2.70 bits per heavy atom. The Bertz CT molecular complexity index is 424. The molecule has 4 saturated heterocycles. The van der Waals surface area contributed by atoms with Gasteiger partial charge in [-0.05, 0) is 44.9 Å². The fraction of sp³-hybridized carbons (Fsp3) is 1.00. The SMILES string of the molecule is C[C@@H]1CCC2[C@]34OOC(C)(CC[C@@H]13)O[C@H]4OC[C@@]2(C)O. The van der Waals surface area contributed by atoms with E-state index >= 15 is 0 Å². The lowest BCUT2D eigenvalue weighted by Gasteiger charge is -2.60. The molecule has 5 aliphatic rings. The van der Waals surface area contributed by atoms with Crippen LogP contribution < -0.4 is 0 Å². The van der Waals surface area contributed by atoms with Gasteiger partial charge < -0.3 is 14.6 Å². The summed E-state index contributed by atoms with van der Waals surface area (Å²) in [7, 11) is 0. The zero-order chi connectivity index (χ0) is 14.2. The van der Waals surface area contributed by atoms with Gasteiger partial charge in [-0.1, -0.05) is 6.92 Å². The number of aliphatic hydroxyl groups is 1. The molecule has 7 atom stereocenters. The molecule has 5 nitrogen and oxygen atoms in total. The molecular formula is C15H24O5. The first-order valence-corrected chi connectivity index (χ1v) is 7.76. The van der Waals surface area contributed by atoms with Crippen LogP contribution in [0.5, 0.6) is 0 Å². The average molecular weight is 284 g/mol. The van der Waals surface area contributed by atoms with Crippen molar-refractivity contribution < 1.29 is 24.4 Å². The first-order chi connectivity index (χ1) is 9.37. The zero-order valence-corrected chi connectivity index (χ0v) is 12.4. The minimum absolute atomic E-state index is 0.00222. The second-order valence-electron chi connectivity index (χ2n) is 7.52. The normalized spacial score (nSPS) is 61.8. The van der Waals surface area contributed by atoms with Gasteiger partial charge in [0, 0.05) is 12.3 Å². The quantitative estimate of drug-likeness (QED) is 0.689. The van der Waals surface area contributed by atoms with Crippen LogP contribution in [0.1, 0.15) is 46.5 Å². The van der Waals surface area contributed by atoms with Gasteiger partial charge in [0.25, 0.3) is 0 Å². The third-order valence-corrected chi connectivity index (χ3v) is 6.00. The van der Waals surface area contributed by atoms with Gasteiger partial charge in [0.1, 0.15) is 0 Å². The molecule has 1 spiro atoms. The summed E-state index contributed by atoms with van der Waals surface area (Å²) in [6.07, 6.45) is 3.40. The number of rotatable bonds is 0. The molecule has 0 radical (unpaired) electrons. The summed E-state index contributed by atoms with van der Waals surface area (Å²) in [5.41, 5.74) is -1.55. The lowest BCUT2D eigenvalue weighted by Crippen LogP contribution is -2.73. The van der Waals surface area contributed by atoms with Gasteiger partial charge in [-0.2, -0.15) is 0 Å². The highest BCUT2D eigenvalue weighted by molar-refractivity contribution is 5.12. The molecule has 0 amide bonds. The Morgan fingerprint density at radius 2 is 1.90 bits per heavy atom. The van der Waals surface area contributed by atoms with E-state index in [1.165, 1.54) is 0 Å². The van der Waals surface area contributed by atoms with E-state index in [2.05, 4.69) is 6.92 Å². The van der Waals surface area contributed by atoms with Crippen LogP contribution in [0.15, 0.2) is 0 Å². The Labute approximate surface area is 119 Å². The second kappa shape index (κ2) is 3.96. The molecule has 20 heavy (non-hydrogen) atoms. The van der Waals surface area contributed by atoms with Gasteiger partial charge in [0.2, 0.25) is 5.79 Å². The molecule has 1 N–H and O–H groups in total. The molecule has 4 heterocycles. The van der Waals surface area contributed by atoms with Crippen LogP contribution >= 0.6 is 0 Å². The van der Waals surface area contributed by atoms with E-state index in [-0.39, 0.29) is 5.92 Å². The molecule has 5 fully saturated rings. The van der Waals surface area contributed by atoms with Crippen molar-refractivity contribution in [1.29, 1.82) is 0 Å². The van der Waals surface area contributed by atoms with E-state index in [0.29, 0.717) is 18.4 Å². The molecule has 2 bridgehead atoms. The van der Waals surface area contributed by atoms with Crippen molar-refractivity contribution in [1.82, 2.24) is 0 Å². The van der Waals surface area contributed by atoms with Gasteiger partial charge in [-0.15, -0.1) is 0 Å². The van der Waals surface area contributed by atoms with E-state index in [9.17, 15) is 5.11 Å². The average Bonchev–Trinajstić information content (AvgIpc) is 2.61. The van der Waals surface area contributed by atoms with Gasteiger partial charge >= 0.3 is 0 Å². The fourth-order valence-electron chi connectivity index (χ4n) is 4.89. The van der Waals surface area contributed by atoms with Crippen LogP contribution in [0.3, 0.4) is 0 Å². The Kier molecular flexibility index (Phi) is 2.66. The Morgan fingerprint density at radius 1 is 1.10 bits per heavy atom. The summed E-state index contributed by atoms with van der Waals surface area (Å²) in [4.78, 5) is 11.6. The first kappa shape index (κ1) is 13.5. The number of fused-ring (bicyclic) bond motifs is 2. The van der Waals surface area contributed by atoms with Crippen molar-refractivity contribution >= 4 is 0 Å². The predicted molar refractivity (Wildman–Crippen MR) is 69.4 cm³/mol. The van der Waals surface area contributed by atoms with Crippen molar-refractivity contribution in [2.45, 2.75) is 69.7 Å². The molecule has 4 aliphatic heterocycles. The van der Waals surface area contributed by atoms with Crippen molar-refractivity contribution in [2.75, 3.05) is 6.61 Å². The molecule has 1 saturated carbocycles. The number of hydrogen-bond acceptors (Lipinski definition) is 5. The van der Waals surface area contributed by atoms with E-state index in [1.54, 1.807) is 0 Å². The zero-order valence-electron chi connectivity index (χ0n) is 12.4. The summed E-state index contributed by atoms with van der Waals surface area (Å²) >= 11 is 0. The molecule has 5 rings (SSSR count). The molecule has 114 valence electrons. The standard InChI is InChI=1S/C15H24O5/c1-9-4-5-11-13(2,16)8-17-12-15(11)10(9)6-7-14(3,18-12)19-20-15/h9-12,16H,4-8H2,1-3H3/t9-,10+,11?,12-,13-,14?,15-/m1/s1. The molecule has 2 unspecified atom stereocenters. The Balaban J connectivity index is 1.83. The van der Waals surface area contributed by atoms with E-state index < -0.39 is 23.3 Å². The summed E-state index contributed by atoms with van der Waals surface area (Å²) in [5, 5.41) is 10.8. The fourth-order valence-corrected chi connectivity index (χ4v) is 4.89. The molecule has 5 heteroatoms. The minimum Gasteiger partial charge on any atom is -0.387 e. The topological polar surface area (TPSA) is 57.2 Å². The van der Waals surface area contributed by atoms with E-state index in [0.717, 1.165) is 25.7 Å². The van der Waals surface area contributed by atoms with Gasteiger partial charge in [0.15, 0.2) is 11.9 Å². The Hall–Kier alpha value is -0.200. The lowest BCUT2D eigenvalue weighted by atomic mass is 9.57.